The number of fused-ring (bicyclic) bond motifs is 2. The monoisotopic (exact) mass is 616 g/mol. The van der Waals surface area contributed by atoms with E-state index >= 15 is 0 Å². The molecule has 2 unspecified atom stereocenters. The fourth-order valence-electron chi connectivity index (χ4n) is 6.19. The topological polar surface area (TPSA) is 87.2 Å². The first kappa shape index (κ1) is 30.2. The van der Waals surface area contributed by atoms with E-state index in [1.54, 1.807) is 0 Å². The molecule has 15 heteroatoms. The second-order valence-corrected chi connectivity index (χ2v) is 14.3. The molecule has 41 heavy (non-hydrogen) atoms. The van der Waals surface area contributed by atoms with Crippen molar-refractivity contribution >= 4 is 21.7 Å². The molecule has 1 aromatic rings. The molecule has 230 valence electrons. The van der Waals surface area contributed by atoms with Gasteiger partial charge in [-0.15, -0.1) is 0 Å². The number of benzene rings is 1. The molecule has 1 aliphatic heterocycles. The molecule has 1 heterocycles. The molecule has 0 saturated heterocycles. The largest absolute Gasteiger partial charge is 0.492 e. The molecule has 0 radical (unpaired) electrons. The molecule has 4 aliphatic rings. The van der Waals surface area contributed by atoms with Gasteiger partial charge in [0.25, 0.3) is 5.92 Å². The Morgan fingerprint density at radius 3 is 2.20 bits per heavy atom. The lowest BCUT2D eigenvalue weighted by Crippen LogP contribution is -2.54. The van der Waals surface area contributed by atoms with E-state index in [-0.39, 0.29) is 44.3 Å². The van der Waals surface area contributed by atoms with Gasteiger partial charge >= 0.3 is 12.1 Å². The van der Waals surface area contributed by atoms with Crippen molar-refractivity contribution in [3.05, 3.63) is 17.7 Å². The maximum atomic E-state index is 14.3. The van der Waals surface area contributed by atoms with Gasteiger partial charge < -0.3 is 14.7 Å². The molecule has 0 aromatic heterocycles. The number of carbonyl (C=O) groups is 1. The number of hydrogen-bond donors (Lipinski definition) is 1. The van der Waals surface area contributed by atoms with Gasteiger partial charge in [0.1, 0.15) is 22.7 Å². The molecule has 1 N–H and O–H groups in total. The summed E-state index contributed by atoms with van der Waals surface area (Å²) in [6, 6.07) is 0.541. The summed E-state index contributed by atoms with van der Waals surface area (Å²) in [6.07, 6.45) is -5.96. The first-order valence-corrected chi connectivity index (χ1v) is 14.7. The Kier molecular flexibility index (Phi) is 6.70. The van der Waals surface area contributed by atoms with E-state index in [2.05, 4.69) is 0 Å². The molecule has 1 aromatic carbocycles. The van der Waals surface area contributed by atoms with Crippen LogP contribution in [0, 0.1) is 17.3 Å². The highest BCUT2D eigenvalue weighted by Crippen LogP contribution is 2.65. The van der Waals surface area contributed by atoms with E-state index < -0.39 is 92.1 Å². The van der Waals surface area contributed by atoms with Crippen LogP contribution in [-0.4, -0.2) is 67.4 Å². The Morgan fingerprint density at radius 1 is 1.12 bits per heavy atom. The van der Waals surface area contributed by atoms with Crippen LogP contribution in [0.2, 0.25) is 0 Å². The van der Waals surface area contributed by atoms with Crippen LogP contribution in [0.5, 0.6) is 5.75 Å². The Balaban J connectivity index is 1.63. The SMILES string of the molecule is CN1C(C)(CCC(C)(F)F)CN(C2C[C@@H]3[C@H](C2)C3(F)F)c2cc(C(F)(F)F)c(OCC3(C(=O)O)CC3)cc2S1(=O)=O. The summed E-state index contributed by atoms with van der Waals surface area (Å²) < 4.78 is 133. The summed E-state index contributed by atoms with van der Waals surface area (Å²) in [6.45, 7) is 1.16. The Labute approximate surface area is 232 Å². The highest BCUT2D eigenvalue weighted by atomic mass is 32.2. The van der Waals surface area contributed by atoms with Crippen LogP contribution < -0.4 is 9.64 Å². The number of carboxylic acids is 1. The minimum absolute atomic E-state index is 0.0956. The van der Waals surface area contributed by atoms with Crippen LogP contribution in [0.3, 0.4) is 0 Å². The maximum absolute atomic E-state index is 14.3. The van der Waals surface area contributed by atoms with Gasteiger partial charge in [0.05, 0.1) is 16.8 Å². The van der Waals surface area contributed by atoms with Gasteiger partial charge in [-0.2, -0.15) is 17.5 Å². The van der Waals surface area contributed by atoms with Crippen LogP contribution in [0.4, 0.5) is 36.4 Å². The van der Waals surface area contributed by atoms with Crippen molar-refractivity contribution in [2.45, 2.75) is 86.9 Å². The lowest BCUT2D eigenvalue weighted by Gasteiger charge is -2.42. The molecule has 0 spiro atoms. The number of nitrogens with zero attached hydrogens (tertiary/aromatic N) is 2. The number of halogens is 7. The quantitative estimate of drug-likeness (QED) is 0.382. The summed E-state index contributed by atoms with van der Waals surface area (Å²) in [5.74, 6) is -10.2. The molecule has 3 fully saturated rings. The van der Waals surface area contributed by atoms with Gasteiger partial charge in [-0.3, -0.25) is 4.79 Å². The van der Waals surface area contributed by atoms with Gasteiger partial charge in [-0.25, -0.2) is 26.0 Å². The van der Waals surface area contributed by atoms with Crippen LogP contribution in [-0.2, 0) is 21.0 Å². The Bertz CT molecular complexity index is 1340. The van der Waals surface area contributed by atoms with E-state index in [1.165, 1.54) is 11.8 Å². The van der Waals surface area contributed by atoms with Crippen LogP contribution in [0.25, 0.3) is 0 Å². The second-order valence-electron chi connectivity index (χ2n) is 12.4. The van der Waals surface area contributed by atoms with Crippen molar-refractivity contribution in [1.82, 2.24) is 4.31 Å². The van der Waals surface area contributed by atoms with E-state index in [1.807, 2.05) is 0 Å². The average molecular weight is 617 g/mol. The number of alkyl halides is 7. The highest BCUT2D eigenvalue weighted by molar-refractivity contribution is 7.89. The lowest BCUT2D eigenvalue weighted by molar-refractivity contribution is -0.144. The number of aliphatic carboxylic acids is 1. The number of likely N-dealkylation sites (N-methyl/N-ethyl adjacent to an activating group) is 1. The summed E-state index contributed by atoms with van der Waals surface area (Å²) in [7, 11) is -3.47. The van der Waals surface area contributed by atoms with E-state index in [9.17, 15) is 49.1 Å². The first-order valence-electron chi connectivity index (χ1n) is 13.3. The van der Waals surface area contributed by atoms with Crippen LogP contribution in [0.15, 0.2) is 17.0 Å². The van der Waals surface area contributed by atoms with Crippen LogP contribution in [0.1, 0.15) is 57.9 Å². The van der Waals surface area contributed by atoms with Crippen LogP contribution >= 0.6 is 0 Å². The number of carboxylic acid groups (broad SMARTS) is 1. The molecule has 3 aliphatic carbocycles. The zero-order valence-corrected chi connectivity index (χ0v) is 23.4. The van der Waals surface area contributed by atoms with E-state index in [0.29, 0.717) is 19.1 Å². The van der Waals surface area contributed by atoms with Gasteiger partial charge in [-0.05, 0) is 52.0 Å². The van der Waals surface area contributed by atoms with Gasteiger partial charge in [-0.1, -0.05) is 0 Å². The number of anilines is 1. The predicted octanol–water partition coefficient (Wildman–Crippen LogP) is 5.63. The fourth-order valence-corrected chi connectivity index (χ4v) is 7.91. The molecule has 5 rings (SSSR count). The zero-order chi connectivity index (χ0) is 30.6. The van der Waals surface area contributed by atoms with Crippen molar-refractivity contribution in [1.29, 1.82) is 0 Å². The van der Waals surface area contributed by atoms with E-state index in [4.69, 9.17) is 4.74 Å². The third-order valence-corrected chi connectivity index (χ3v) is 11.4. The summed E-state index contributed by atoms with van der Waals surface area (Å²) in [4.78, 5) is 12.3. The average Bonchev–Trinajstić information content (AvgIpc) is 3.67. The number of sulfonamides is 1. The van der Waals surface area contributed by atoms with Crippen molar-refractivity contribution in [3.63, 3.8) is 0 Å². The highest BCUT2D eigenvalue weighted by Gasteiger charge is 2.72. The third kappa shape index (κ3) is 5.14. The molecule has 3 saturated carbocycles. The fraction of sp³-hybridized carbons (Fsp3) is 0.731. The van der Waals surface area contributed by atoms with Crippen molar-refractivity contribution in [2.75, 3.05) is 25.1 Å². The van der Waals surface area contributed by atoms with Gasteiger partial charge in [0.2, 0.25) is 15.9 Å². The third-order valence-electron chi connectivity index (χ3n) is 9.36. The summed E-state index contributed by atoms with van der Waals surface area (Å²) in [5.41, 5.74) is -4.64. The maximum Gasteiger partial charge on any atom is 0.420 e. The number of hydrogen-bond acceptors (Lipinski definition) is 5. The van der Waals surface area contributed by atoms with Crippen molar-refractivity contribution in [3.8, 4) is 5.75 Å². The van der Waals surface area contributed by atoms with Crippen molar-refractivity contribution in [2.24, 2.45) is 17.3 Å². The molecule has 0 amide bonds. The Hall–Kier alpha value is -2.29. The summed E-state index contributed by atoms with van der Waals surface area (Å²) in [5, 5.41) is 9.42. The summed E-state index contributed by atoms with van der Waals surface area (Å²) >= 11 is 0. The molecule has 0 bridgehead atoms. The normalized spacial score (nSPS) is 31.7. The number of rotatable bonds is 8. The predicted molar refractivity (Wildman–Crippen MR) is 132 cm³/mol. The first-order chi connectivity index (χ1) is 18.6. The molecule has 7 nitrogen and oxygen atoms in total. The van der Waals surface area contributed by atoms with Crippen molar-refractivity contribution < 1.29 is 53.8 Å². The Morgan fingerprint density at radius 2 is 1.71 bits per heavy atom. The van der Waals surface area contributed by atoms with Gasteiger partial charge in [0.15, 0.2) is 0 Å². The van der Waals surface area contributed by atoms with E-state index in [0.717, 1.165) is 11.4 Å². The standard InChI is InChI=1S/C26H31F7N2O5S/c1-22(4-5-23(2,27)28)12-35(14-8-15-16(9-14)25(15,29)30)18-10-17(26(31,32)33)19(11-20(18)41(38,39)34(22)3)40-13-24(6-7-24)21(36)37/h10-11,14-16H,4-9,12-13H2,1-3H3,(H,36,37)/t14?,15-,16+,22?. The number of ether oxygens (including phenoxy) is 1. The smallest absolute Gasteiger partial charge is 0.420 e. The molecular weight excluding hydrogens is 585 g/mol. The minimum Gasteiger partial charge on any atom is -0.492 e. The zero-order valence-electron chi connectivity index (χ0n) is 22.6. The molecule has 4 atom stereocenters. The molecular formula is C26H31F7N2O5S. The minimum atomic E-state index is -5.05. The second kappa shape index (κ2) is 9.10. The lowest BCUT2D eigenvalue weighted by atomic mass is 9.91. The van der Waals surface area contributed by atoms with Gasteiger partial charge in [0, 0.05) is 44.0 Å².